The van der Waals surface area contributed by atoms with Gasteiger partial charge in [-0.05, 0) is 31.0 Å². The molecule has 12 heteroatoms. The molecule has 1 aromatic heterocycles. The van der Waals surface area contributed by atoms with E-state index < -0.39 is 0 Å². The maximum atomic E-state index is 13.0. The van der Waals surface area contributed by atoms with Crippen LogP contribution in [0.3, 0.4) is 0 Å². The van der Waals surface area contributed by atoms with Gasteiger partial charge in [0.2, 0.25) is 5.91 Å². The van der Waals surface area contributed by atoms with Crippen LogP contribution in [0.2, 0.25) is 0 Å². The maximum Gasteiger partial charge on any atom is 0.267 e. The molecule has 0 radical (unpaired) electrons. The number of methoxy groups -OCH3 is 1. The van der Waals surface area contributed by atoms with Crippen molar-refractivity contribution in [3.63, 3.8) is 0 Å². The first kappa shape index (κ1) is 25.7. The van der Waals surface area contributed by atoms with Crippen molar-refractivity contribution >= 4 is 41.3 Å². The van der Waals surface area contributed by atoms with E-state index in [1.807, 2.05) is 4.90 Å². The Labute approximate surface area is 214 Å². The van der Waals surface area contributed by atoms with E-state index in [4.69, 9.17) is 20.6 Å². The van der Waals surface area contributed by atoms with Gasteiger partial charge in [0.05, 0.1) is 43.3 Å². The van der Waals surface area contributed by atoms with Crippen LogP contribution in [0.5, 0.6) is 11.5 Å². The van der Waals surface area contributed by atoms with Crippen molar-refractivity contribution in [3.05, 3.63) is 35.5 Å². The summed E-state index contributed by atoms with van der Waals surface area (Å²) in [6.07, 6.45) is 3.96. The quantitative estimate of drug-likeness (QED) is 0.282. The van der Waals surface area contributed by atoms with Crippen molar-refractivity contribution in [2.24, 2.45) is 17.8 Å². The van der Waals surface area contributed by atoms with E-state index >= 15 is 0 Å². The number of carbonyl (C=O) groups excluding carboxylic acids is 3. The third-order valence-corrected chi connectivity index (χ3v) is 6.35. The second-order valence-corrected chi connectivity index (χ2v) is 8.85. The Bertz CT molecular complexity index is 1250. The summed E-state index contributed by atoms with van der Waals surface area (Å²) in [7, 11) is 3.16. The van der Waals surface area contributed by atoms with E-state index in [0.29, 0.717) is 40.8 Å². The summed E-state index contributed by atoms with van der Waals surface area (Å²) >= 11 is 0. The SMILES string of the molecule is COc1cc2c(cc1OCCC(=O)Nc1ccc(C(=O)NCCC(=N)N)n1C)N=C[C@@H]1CCCN1C2=O. The third-order valence-electron chi connectivity index (χ3n) is 6.35. The zero-order valence-electron chi connectivity index (χ0n) is 20.9. The highest BCUT2D eigenvalue weighted by atomic mass is 16.5. The van der Waals surface area contributed by atoms with Gasteiger partial charge < -0.3 is 35.3 Å². The summed E-state index contributed by atoms with van der Waals surface area (Å²) in [5.74, 6) is 0.531. The zero-order valence-corrected chi connectivity index (χ0v) is 20.9. The molecule has 0 unspecified atom stereocenters. The number of aliphatic imine (C=N–C) groups is 1. The van der Waals surface area contributed by atoms with Gasteiger partial charge in [0.25, 0.3) is 11.8 Å². The number of fused-ring (bicyclic) bond motifs is 2. The van der Waals surface area contributed by atoms with Crippen LogP contribution in [0, 0.1) is 5.41 Å². The summed E-state index contributed by atoms with van der Waals surface area (Å²) in [5.41, 5.74) is 6.64. The first-order valence-electron chi connectivity index (χ1n) is 12.0. The fourth-order valence-electron chi connectivity index (χ4n) is 4.35. The molecule has 196 valence electrons. The van der Waals surface area contributed by atoms with Crippen LogP contribution in [-0.2, 0) is 11.8 Å². The number of carbonyl (C=O) groups is 3. The average molecular weight is 510 g/mol. The van der Waals surface area contributed by atoms with Crippen molar-refractivity contribution in [1.82, 2.24) is 14.8 Å². The molecule has 37 heavy (non-hydrogen) atoms. The number of anilines is 1. The van der Waals surface area contributed by atoms with E-state index in [9.17, 15) is 14.4 Å². The summed E-state index contributed by atoms with van der Waals surface area (Å²) in [5, 5.41) is 12.7. The Balaban J connectivity index is 1.35. The van der Waals surface area contributed by atoms with Crippen molar-refractivity contribution in [3.8, 4) is 11.5 Å². The molecule has 3 amide bonds. The fourth-order valence-corrected chi connectivity index (χ4v) is 4.35. The molecule has 0 aliphatic carbocycles. The minimum Gasteiger partial charge on any atom is -0.493 e. The van der Waals surface area contributed by atoms with Gasteiger partial charge in [-0.2, -0.15) is 0 Å². The highest BCUT2D eigenvalue weighted by molar-refractivity contribution is 6.03. The van der Waals surface area contributed by atoms with Gasteiger partial charge in [-0.15, -0.1) is 0 Å². The van der Waals surface area contributed by atoms with Crippen LogP contribution in [0.1, 0.15) is 46.5 Å². The van der Waals surface area contributed by atoms with E-state index in [1.165, 1.54) is 7.11 Å². The molecule has 12 nitrogen and oxygen atoms in total. The van der Waals surface area contributed by atoms with Crippen molar-refractivity contribution in [1.29, 1.82) is 5.41 Å². The van der Waals surface area contributed by atoms with Gasteiger partial charge in [-0.25, -0.2) is 0 Å². The van der Waals surface area contributed by atoms with Gasteiger partial charge in [-0.1, -0.05) is 0 Å². The van der Waals surface area contributed by atoms with E-state index in [1.54, 1.807) is 42.1 Å². The molecular weight excluding hydrogens is 478 g/mol. The number of benzene rings is 1. The van der Waals surface area contributed by atoms with Crippen LogP contribution >= 0.6 is 0 Å². The number of rotatable bonds is 10. The van der Waals surface area contributed by atoms with Crippen molar-refractivity contribution in [2.75, 3.05) is 32.1 Å². The molecule has 5 N–H and O–H groups in total. The lowest BCUT2D eigenvalue weighted by Gasteiger charge is -2.20. The normalized spacial score (nSPS) is 16.0. The van der Waals surface area contributed by atoms with Gasteiger partial charge in [0.1, 0.15) is 11.5 Å². The predicted molar refractivity (Wildman–Crippen MR) is 138 cm³/mol. The lowest BCUT2D eigenvalue weighted by atomic mass is 10.1. The molecule has 1 atom stereocenters. The molecule has 2 aromatic rings. The van der Waals surface area contributed by atoms with Crippen LogP contribution < -0.4 is 25.8 Å². The van der Waals surface area contributed by atoms with Gasteiger partial charge in [0.15, 0.2) is 11.5 Å². The summed E-state index contributed by atoms with van der Waals surface area (Å²) in [6, 6.07) is 6.54. The molecule has 2 aliphatic heterocycles. The van der Waals surface area contributed by atoms with Gasteiger partial charge >= 0.3 is 0 Å². The summed E-state index contributed by atoms with van der Waals surface area (Å²) in [4.78, 5) is 44.2. The van der Waals surface area contributed by atoms with Crippen LogP contribution in [0.15, 0.2) is 29.3 Å². The highest BCUT2D eigenvalue weighted by Gasteiger charge is 2.32. The molecule has 1 aromatic carbocycles. The number of amides is 3. The Morgan fingerprint density at radius 2 is 2.05 bits per heavy atom. The zero-order chi connectivity index (χ0) is 26.5. The summed E-state index contributed by atoms with van der Waals surface area (Å²) in [6.45, 7) is 1.02. The molecule has 3 heterocycles. The minimum atomic E-state index is -0.329. The van der Waals surface area contributed by atoms with E-state index in [0.717, 1.165) is 12.8 Å². The molecule has 0 spiro atoms. The van der Waals surface area contributed by atoms with Crippen molar-refractivity contribution in [2.45, 2.75) is 31.7 Å². The number of nitrogens with zero attached hydrogens (tertiary/aromatic N) is 3. The lowest BCUT2D eigenvalue weighted by Crippen LogP contribution is -2.35. The number of ether oxygens (including phenoxy) is 2. The molecular formula is C25H31N7O5. The number of aromatic nitrogens is 1. The molecule has 2 aliphatic rings. The van der Waals surface area contributed by atoms with Gasteiger partial charge in [0, 0.05) is 38.8 Å². The molecule has 1 saturated heterocycles. The van der Waals surface area contributed by atoms with Gasteiger partial charge in [-0.3, -0.25) is 24.8 Å². The molecule has 0 saturated carbocycles. The second-order valence-electron chi connectivity index (χ2n) is 8.85. The largest absolute Gasteiger partial charge is 0.493 e. The van der Waals surface area contributed by atoms with Crippen molar-refractivity contribution < 1.29 is 23.9 Å². The Morgan fingerprint density at radius 3 is 2.81 bits per heavy atom. The van der Waals surface area contributed by atoms with Crippen LogP contribution in [0.25, 0.3) is 0 Å². The number of hydrogen-bond donors (Lipinski definition) is 4. The monoisotopic (exact) mass is 509 g/mol. The number of amidine groups is 1. The average Bonchev–Trinajstić information content (AvgIpc) is 3.45. The van der Waals surface area contributed by atoms with E-state index in [-0.39, 0.29) is 55.6 Å². The Hall–Kier alpha value is -4.35. The molecule has 0 bridgehead atoms. The topological polar surface area (TPSA) is 164 Å². The highest BCUT2D eigenvalue weighted by Crippen LogP contribution is 2.38. The molecule has 4 rings (SSSR count). The number of nitrogens with one attached hydrogen (secondary N) is 3. The smallest absolute Gasteiger partial charge is 0.267 e. The summed E-state index contributed by atoms with van der Waals surface area (Å²) < 4.78 is 12.8. The first-order valence-corrected chi connectivity index (χ1v) is 12.0. The first-order chi connectivity index (χ1) is 17.8. The van der Waals surface area contributed by atoms with Crippen LogP contribution in [0.4, 0.5) is 11.5 Å². The van der Waals surface area contributed by atoms with E-state index in [2.05, 4.69) is 15.6 Å². The molecule has 1 fully saturated rings. The minimum absolute atomic E-state index is 0.00334. The Morgan fingerprint density at radius 1 is 1.24 bits per heavy atom. The Kier molecular flexibility index (Phi) is 7.75. The predicted octanol–water partition coefficient (Wildman–Crippen LogP) is 1.82. The second kappa shape index (κ2) is 11.1. The standard InChI is InChI=1S/C25H31N7O5/c1-31-18(24(34)28-9-7-21(26)27)5-6-22(31)30-23(33)8-11-37-20-13-17-16(12-19(20)36-2)25(35)32-10-3-4-15(32)14-29-17/h5-6,12-15H,3-4,7-11H2,1-2H3,(H3,26,27)(H,28,34)(H,30,33)/t15-/m0/s1. The number of hydrogen-bond acceptors (Lipinski definition) is 7. The maximum absolute atomic E-state index is 13.0. The third kappa shape index (κ3) is 5.74. The fraction of sp³-hybridized carbons (Fsp3) is 0.400. The number of nitrogens with two attached hydrogens (primary N) is 1. The van der Waals surface area contributed by atoms with Crippen LogP contribution in [-0.4, -0.2) is 72.1 Å². The lowest BCUT2D eigenvalue weighted by molar-refractivity contribution is -0.116.